The minimum absolute atomic E-state index is 0.155. The predicted octanol–water partition coefficient (Wildman–Crippen LogP) is 2.15. The summed E-state index contributed by atoms with van der Waals surface area (Å²) in [6, 6.07) is 0.155. The average Bonchev–Trinajstić information content (AvgIpc) is 2.08. The molecule has 0 radical (unpaired) electrons. The van der Waals surface area contributed by atoms with Crippen molar-refractivity contribution in [3.63, 3.8) is 0 Å². The molecule has 0 spiro atoms. The second kappa shape index (κ2) is 6.74. The molecule has 0 aromatic rings. The Morgan fingerprint density at radius 1 is 1.31 bits per heavy atom. The van der Waals surface area contributed by atoms with E-state index in [0.717, 1.165) is 13.0 Å². The third-order valence-corrected chi connectivity index (χ3v) is 2.21. The Morgan fingerprint density at radius 2 is 1.88 bits per heavy atom. The lowest BCUT2D eigenvalue weighted by molar-refractivity contribution is 0.0487. The van der Waals surface area contributed by atoms with E-state index in [-0.39, 0.29) is 12.1 Å². The molecule has 96 valence electrons. The summed E-state index contributed by atoms with van der Waals surface area (Å²) >= 11 is 0. The van der Waals surface area contributed by atoms with Crippen LogP contribution in [-0.4, -0.2) is 31.3 Å². The highest BCUT2D eigenvalue weighted by molar-refractivity contribution is 5.68. The first-order valence-corrected chi connectivity index (χ1v) is 5.90. The fourth-order valence-corrected chi connectivity index (χ4v) is 1.33. The third-order valence-electron chi connectivity index (χ3n) is 2.21. The zero-order chi connectivity index (χ0) is 12.8. The number of hydrogen-bond donors (Lipinski definition) is 2. The molecule has 1 atom stereocenters. The Bertz CT molecular complexity index is 210. The predicted molar refractivity (Wildman–Crippen MR) is 66.5 cm³/mol. The van der Waals surface area contributed by atoms with Crippen LogP contribution < -0.4 is 10.6 Å². The van der Waals surface area contributed by atoms with Gasteiger partial charge in [-0.15, -0.1) is 0 Å². The highest BCUT2D eigenvalue weighted by atomic mass is 16.6. The molecule has 0 unspecified atom stereocenters. The Balaban J connectivity index is 4.13. The van der Waals surface area contributed by atoms with Gasteiger partial charge in [-0.25, -0.2) is 4.79 Å². The number of hydrogen-bond acceptors (Lipinski definition) is 3. The number of carbonyl (C=O) groups is 1. The van der Waals surface area contributed by atoms with Crippen LogP contribution in [0.15, 0.2) is 0 Å². The van der Waals surface area contributed by atoms with Crippen molar-refractivity contribution in [1.29, 1.82) is 0 Å². The van der Waals surface area contributed by atoms with Crippen LogP contribution in [0.2, 0.25) is 0 Å². The highest BCUT2D eigenvalue weighted by Gasteiger charge is 2.20. The summed E-state index contributed by atoms with van der Waals surface area (Å²) in [6.07, 6.45) is 0.579. The second-order valence-electron chi connectivity index (χ2n) is 5.39. The monoisotopic (exact) mass is 230 g/mol. The van der Waals surface area contributed by atoms with Gasteiger partial charge in [0.25, 0.3) is 0 Å². The Morgan fingerprint density at radius 3 is 2.25 bits per heavy atom. The average molecular weight is 230 g/mol. The lowest BCUT2D eigenvalue weighted by atomic mass is 10.0. The molecule has 0 aliphatic rings. The normalized spacial score (nSPS) is 13.7. The van der Waals surface area contributed by atoms with Gasteiger partial charge in [0.1, 0.15) is 5.60 Å². The van der Waals surface area contributed by atoms with Gasteiger partial charge in [-0.2, -0.15) is 0 Å². The summed E-state index contributed by atoms with van der Waals surface area (Å²) in [5.41, 5.74) is -0.436. The Kier molecular flexibility index (Phi) is 6.41. The van der Waals surface area contributed by atoms with Crippen molar-refractivity contribution in [3.8, 4) is 0 Å². The fraction of sp³-hybridized carbons (Fsp3) is 0.917. The Labute approximate surface area is 99.1 Å². The molecular formula is C12H26N2O2. The molecule has 0 saturated heterocycles. The van der Waals surface area contributed by atoms with Crippen molar-refractivity contribution in [2.24, 2.45) is 5.92 Å². The lowest BCUT2D eigenvalue weighted by Crippen LogP contribution is -2.42. The smallest absolute Gasteiger partial charge is 0.407 e. The van der Waals surface area contributed by atoms with Crippen molar-refractivity contribution < 1.29 is 9.53 Å². The van der Waals surface area contributed by atoms with Gasteiger partial charge in [-0.05, 0) is 46.7 Å². The second-order valence-corrected chi connectivity index (χ2v) is 5.39. The number of amides is 1. The van der Waals surface area contributed by atoms with Crippen LogP contribution in [-0.2, 0) is 4.74 Å². The van der Waals surface area contributed by atoms with E-state index < -0.39 is 5.60 Å². The summed E-state index contributed by atoms with van der Waals surface area (Å²) in [5, 5.41) is 5.99. The molecule has 0 fully saturated rings. The van der Waals surface area contributed by atoms with Crippen molar-refractivity contribution >= 4 is 6.09 Å². The van der Waals surface area contributed by atoms with Gasteiger partial charge in [0, 0.05) is 6.04 Å². The van der Waals surface area contributed by atoms with E-state index >= 15 is 0 Å². The van der Waals surface area contributed by atoms with Crippen molar-refractivity contribution in [3.05, 3.63) is 0 Å². The van der Waals surface area contributed by atoms with E-state index in [1.807, 2.05) is 27.8 Å². The quantitative estimate of drug-likeness (QED) is 0.761. The highest BCUT2D eigenvalue weighted by Crippen LogP contribution is 2.10. The standard InChI is InChI=1S/C12H26N2O2/c1-9(2)10(7-8-13-6)14-11(15)16-12(3,4)5/h9-10,13H,7-8H2,1-6H3,(H,14,15)/t10-/m0/s1. The van der Waals surface area contributed by atoms with Crippen LogP contribution >= 0.6 is 0 Å². The zero-order valence-corrected chi connectivity index (χ0v) is 11.4. The summed E-state index contributed by atoms with van der Waals surface area (Å²) in [4.78, 5) is 11.6. The molecular weight excluding hydrogens is 204 g/mol. The SMILES string of the molecule is CNCC[C@H](NC(=O)OC(C)(C)C)C(C)C. The third kappa shape index (κ3) is 7.51. The van der Waals surface area contributed by atoms with E-state index in [4.69, 9.17) is 4.74 Å². The largest absolute Gasteiger partial charge is 0.444 e. The molecule has 4 nitrogen and oxygen atoms in total. The van der Waals surface area contributed by atoms with Gasteiger partial charge >= 0.3 is 6.09 Å². The Hall–Kier alpha value is -0.770. The van der Waals surface area contributed by atoms with E-state index in [1.165, 1.54) is 0 Å². The number of rotatable bonds is 5. The summed E-state index contributed by atoms with van der Waals surface area (Å²) < 4.78 is 5.23. The first-order chi connectivity index (χ1) is 7.26. The van der Waals surface area contributed by atoms with Crippen LogP contribution in [0, 0.1) is 5.92 Å². The van der Waals surface area contributed by atoms with Crippen molar-refractivity contribution in [2.75, 3.05) is 13.6 Å². The van der Waals surface area contributed by atoms with Crippen molar-refractivity contribution in [2.45, 2.75) is 52.7 Å². The molecule has 0 aliphatic heterocycles. The number of carbonyl (C=O) groups excluding carboxylic acids is 1. The maximum atomic E-state index is 11.6. The molecule has 0 rings (SSSR count). The minimum atomic E-state index is -0.436. The molecule has 0 bridgehead atoms. The molecule has 0 aliphatic carbocycles. The summed E-state index contributed by atoms with van der Waals surface area (Å²) in [7, 11) is 1.91. The summed E-state index contributed by atoms with van der Waals surface area (Å²) in [5.74, 6) is 0.404. The fourth-order valence-electron chi connectivity index (χ4n) is 1.33. The van der Waals surface area contributed by atoms with Gasteiger partial charge in [0.15, 0.2) is 0 Å². The molecule has 16 heavy (non-hydrogen) atoms. The molecule has 4 heteroatoms. The summed E-state index contributed by atoms with van der Waals surface area (Å²) in [6.45, 7) is 10.7. The maximum absolute atomic E-state index is 11.6. The maximum Gasteiger partial charge on any atom is 0.407 e. The molecule has 2 N–H and O–H groups in total. The van der Waals surface area contributed by atoms with Crippen LogP contribution in [0.5, 0.6) is 0 Å². The van der Waals surface area contributed by atoms with E-state index in [2.05, 4.69) is 24.5 Å². The van der Waals surface area contributed by atoms with Crippen LogP contribution in [0.1, 0.15) is 41.0 Å². The zero-order valence-electron chi connectivity index (χ0n) is 11.4. The minimum Gasteiger partial charge on any atom is -0.444 e. The number of alkyl carbamates (subject to hydrolysis) is 1. The first kappa shape index (κ1) is 15.2. The van der Waals surface area contributed by atoms with Crippen LogP contribution in [0.25, 0.3) is 0 Å². The van der Waals surface area contributed by atoms with Gasteiger partial charge in [0.05, 0.1) is 0 Å². The van der Waals surface area contributed by atoms with Crippen LogP contribution in [0.3, 0.4) is 0 Å². The molecule has 1 amide bonds. The van der Waals surface area contributed by atoms with Gasteiger partial charge in [0.2, 0.25) is 0 Å². The van der Waals surface area contributed by atoms with E-state index in [0.29, 0.717) is 5.92 Å². The van der Waals surface area contributed by atoms with E-state index in [9.17, 15) is 4.79 Å². The van der Waals surface area contributed by atoms with Crippen LogP contribution in [0.4, 0.5) is 4.79 Å². The van der Waals surface area contributed by atoms with Crippen molar-refractivity contribution in [1.82, 2.24) is 10.6 Å². The number of nitrogens with one attached hydrogen (secondary N) is 2. The van der Waals surface area contributed by atoms with E-state index in [1.54, 1.807) is 0 Å². The van der Waals surface area contributed by atoms with Gasteiger partial charge < -0.3 is 15.4 Å². The molecule has 0 aromatic carbocycles. The van der Waals surface area contributed by atoms with Gasteiger partial charge in [-0.1, -0.05) is 13.8 Å². The molecule has 0 heterocycles. The first-order valence-electron chi connectivity index (χ1n) is 5.90. The lowest BCUT2D eigenvalue weighted by Gasteiger charge is -2.25. The topological polar surface area (TPSA) is 50.4 Å². The van der Waals surface area contributed by atoms with Gasteiger partial charge in [-0.3, -0.25) is 0 Å². The molecule has 0 saturated carbocycles. The molecule has 0 aromatic heterocycles. The number of ether oxygens (including phenoxy) is 1.